The molecule has 1 aromatic rings. The smallest absolute Gasteiger partial charge is 0.0390 e. The van der Waals surface area contributed by atoms with Crippen LogP contribution >= 0.6 is 0 Å². The molecular formula is C10H12N. The van der Waals surface area contributed by atoms with Crippen molar-refractivity contribution in [1.82, 2.24) is 5.32 Å². The molecule has 0 bridgehead atoms. The molecule has 0 saturated carbocycles. The van der Waals surface area contributed by atoms with E-state index in [4.69, 9.17) is 0 Å². The van der Waals surface area contributed by atoms with E-state index in [2.05, 4.69) is 36.5 Å². The van der Waals surface area contributed by atoms with Gasteiger partial charge in [0.1, 0.15) is 0 Å². The van der Waals surface area contributed by atoms with E-state index in [0.717, 1.165) is 13.0 Å². The first-order chi connectivity index (χ1) is 5.36. The van der Waals surface area contributed by atoms with Gasteiger partial charge in [-0.2, -0.15) is 0 Å². The molecule has 1 heteroatoms. The maximum Gasteiger partial charge on any atom is 0.0390 e. The molecule has 1 aliphatic heterocycles. The van der Waals surface area contributed by atoms with Gasteiger partial charge in [-0.15, -0.1) is 0 Å². The van der Waals surface area contributed by atoms with E-state index in [9.17, 15) is 0 Å². The summed E-state index contributed by atoms with van der Waals surface area (Å²) in [5.74, 6) is 0. The van der Waals surface area contributed by atoms with E-state index in [0.29, 0.717) is 6.04 Å². The van der Waals surface area contributed by atoms with Crippen molar-refractivity contribution in [3.8, 4) is 0 Å². The summed E-state index contributed by atoms with van der Waals surface area (Å²) < 4.78 is 0. The van der Waals surface area contributed by atoms with Crippen LogP contribution in [0.25, 0.3) is 0 Å². The predicted octanol–water partition coefficient (Wildman–Crippen LogP) is 1.74. The number of hydrogen-bond acceptors (Lipinski definition) is 0. The minimum atomic E-state index is 0.518. The van der Waals surface area contributed by atoms with E-state index in [1.54, 1.807) is 0 Å². The zero-order valence-electron chi connectivity index (χ0n) is 6.75. The first-order valence-electron chi connectivity index (χ1n) is 4.09. The molecule has 0 aromatic heterocycles. The average molecular weight is 146 g/mol. The van der Waals surface area contributed by atoms with E-state index in [1.807, 2.05) is 0 Å². The zero-order chi connectivity index (χ0) is 7.68. The van der Waals surface area contributed by atoms with E-state index < -0.39 is 0 Å². The van der Waals surface area contributed by atoms with Crippen LogP contribution in [0.1, 0.15) is 18.1 Å². The van der Waals surface area contributed by atoms with Crippen molar-refractivity contribution in [1.29, 1.82) is 0 Å². The van der Waals surface area contributed by atoms with Gasteiger partial charge in [-0.3, -0.25) is 0 Å². The SMILES string of the molecule is C[C@H]1Cc2ccccc2C[N]1. The molecule has 0 aliphatic carbocycles. The third-order valence-corrected chi connectivity index (χ3v) is 2.21. The Morgan fingerprint density at radius 1 is 1.27 bits per heavy atom. The minimum Gasteiger partial charge on any atom is -0.234 e. The lowest BCUT2D eigenvalue weighted by Crippen LogP contribution is -2.26. The van der Waals surface area contributed by atoms with Gasteiger partial charge >= 0.3 is 0 Å². The van der Waals surface area contributed by atoms with Crippen LogP contribution in [0.15, 0.2) is 24.3 Å². The molecule has 1 atom stereocenters. The Bertz CT molecular complexity index is 255. The van der Waals surface area contributed by atoms with Gasteiger partial charge in [0.25, 0.3) is 0 Å². The van der Waals surface area contributed by atoms with E-state index >= 15 is 0 Å². The highest BCUT2D eigenvalue weighted by atomic mass is 14.9. The summed E-state index contributed by atoms with van der Waals surface area (Å²) in [6.07, 6.45) is 1.12. The van der Waals surface area contributed by atoms with Gasteiger partial charge in [0.15, 0.2) is 0 Å². The Hall–Kier alpha value is -0.820. The fraction of sp³-hybridized carbons (Fsp3) is 0.400. The van der Waals surface area contributed by atoms with Gasteiger partial charge in [-0.1, -0.05) is 24.3 Å². The van der Waals surface area contributed by atoms with Crippen LogP contribution in [0, 0.1) is 0 Å². The van der Waals surface area contributed by atoms with Crippen molar-refractivity contribution in [2.24, 2.45) is 0 Å². The lowest BCUT2D eigenvalue weighted by molar-refractivity contribution is 0.502. The van der Waals surface area contributed by atoms with Crippen molar-refractivity contribution in [3.63, 3.8) is 0 Å². The third-order valence-electron chi connectivity index (χ3n) is 2.21. The van der Waals surface area contributed by atoms with Crippen LogP contribution in [0.4, 0.5) is 0 Å². The second-order valence-electron chi connectivity index (χ2n) is 3.16. The number of benzene rings is 1. The molecule has 11 heavy (non-hydrogen) atoms. The third kappa shape index (κ3) is 1.29. The molecule has 1 aromatic carbocycles. The molecule has 2 rings (SSSR count). The monoisotopic (exact) mass is 146 g/mol. The molecule has 0 unspecified atom stereocenters. The van der Waals surface area contributed by atoms with Crippen molar-refractivity contribution >= 4 is 0 Å². The Kier molecular flexibility index (Phi) is 1.66. The quantitative estimate of drug-likeness (QED) is 0.529. The van der Waals surface area contributed by atoms with Crippen LogP contribution in [0.3, 0.4) is 0 Å². The van der Waals surface area contributed by atoms with Crippen molar-refractivity contribution in [3.05, 3.63) is 35.4 Å². The summed E-state index contributed by atoms with van der Waals surface area (Å²) >= 11 is 0. The number of hydrogen-bond donors (Lipinski definition) is 0. The maximum atomic E-state index is 4.47. The van der Waals surface area contributed by atoms with Crippen molar-refractivity contribution in [2.45, 2.75) is 25.9 Å². The first kappa shape index (κ1) is 6.86. The Morgan fingerprint density at radius 2 is 2.00 bits per heavy atom. The standard InChI is InChI=1S/C10H12N/c1-8-6-9-4-2-3-5-10(9)7-11-8/h2-5,8H,6-7H2,1H3/t8-/m0/s1. The number of fused-ring (bicyclic) bond motifs is 1. The summed E-state index contributed by atoms with van der Waals surface area (Å²) in [5.41, 5.74) is 2.89. The predicted molar refractivity (Wildman–Crippen MR) is 45.4 cm³/mol. The highest BCUT2D eigenvalue weighted by molar-refractivity contribution is 5.29. The molecule has 0 amide bonds. The number of nitrogens with zero attached hydrogens (tertiary/aromatic N) is 1. The molecule has 57 valence electrons. The van der Waals surface area contributed by atoms with E-state index in [-0.39, 0.29) is 0 Å². The molecule has 1 aliphatic rings. The molecule has 1 heterocycles. The molecule has 0 saturated heterocycles. The van der Waals surface area contributed by atoms with Gasteiger partial charge in [-0.05, 0) is 24.5 Å². The van der Waals surface area contributed by atoms with Gasteiger partial charge in [0.2, 0.25) is 0 Å². The molecule has 0 N–H and O–H groups in total. The van der Waals surface area contributed by atoms with Gasteiger partial charge in [-0.25, -0.2) is 5.32 Å². The van der Waals surface area contributed by atoms with E-state index in [1.165, 1.54) is 11.1 Å². The fourth-order valence-electron chi connectivity index (χ4n) is 1.55. The highest BCUT2D eigenvalue weighted by Crippen LogP contribution is 2.16. The summed E-state index contributed by atoms with van der Waals surface area (Å²) in [6.45, 7) is 3.09. The summed E-state index contributed by atoms with van der Waals surface area (Å²) in [4.78, 5) is 0. The second kappa shape index (κ2) is 2.67. The van der Waals surface area contributed by atoms with Crippen LogP contribution in [-0.4, -0.2) is 6.04 Å². The van der Waals surface area contributed by atoms with Crippen molar-refractivity contribution < 1.29 is 0 Å². The van der Waals surface area contributed by atoms with Gasteiger partial charge in [0, 0.05) is 12.6 Å². The highest BCUT2D eigenvalue weighted by Gasteiger charge is 2.13. The number of rotatable bonds is 0. The molecule has 0 spiro atoms. The summed E-state index contributed by atoms with van der Waals surface area (Å²) in [5, 5.41) is 4.47. The minimum absolute atomic E-state index is 0.518. The van der Waals surface area contributed by atoms with Crippen molar-refractivity contribution in [2.75, 3.05) is 0 Å². The molecule has 0 fully saturated rings. The molecule has 1 radical (unpaired) electrons. The molecular weight excluding hydrogens is 134 g/mol. The first-order valence-corrected chi connectivity index (χ1v) is 4.09. The second-order valence-corrected chi connectivity index (χ2v) is 3.16. The largest absolute Gasteiger partial charge is 0.234 e. The lowest BCUT2D eigenvalue weighted by Gasteiger charge is -2.20. The Labute approximate surface area is 67.4 Å². The zero-order valence-corrected chi connectivity index (χ0v) is 6.75. The normalized spacial score (nSPS) is 22.8. The van der Waals surface area contributed by atoms with Gasteiger partial charge < -0.3 is 0 Å². The van der Waals surface area contributed by atoms with Crippen LogP contribution in [-0.2, 0) is 13.0 Å². The molecule has 1 nitrogen and oxygen atoms in total. The Morgan fingerprint density at radius 3 is 2.82 bits per heavy atom. The topological polar surface area (TPSA) is 14.1 Å². The summed E-state index contributed by atoms with van der Waals surface area (Å²) in [6, 6.07) is 9.09. The van der Waals surface area contributed by atoms with Gasteiger partial charge in [0.05, 0.1) is 0 Å². The van der Waals surface area contributed by atoms with Crippen LogP contribution < -0.4 is 5.32 Å². The van der Waals surface area contributed by atoms with Crippen LogP contribution in [0.2, 0.25) is 0 Å². The maximum absolute atomic E-state index is 4.47. The Balaban J connectivity index is 2.34. The summed E-state index contributed by atoms with van der Waals surface area (Å²) in [7, 11) is 0. The average Bonchev–Trinajstić information content (AvgIpc) is 2.04. The lowest BCUT2D eigenvalue weighted by atomic mass is 9.97. The fourth-order valence-corrected chi connectivity index (χ4v) is 1.55. The van der Waals surface area contributed by atoms with Crippen LogP contribution in [0.5, 0.6) is 0 Å².